The zero-order chi connectivity index (χ0) is 12.0. The summed E-state index contributed by atoms with van der Waals surface area (Å²) < 4.78 is 0. The average molecular weight is 212 g/mol. The summed E-state index contributed by atoms with van der Waals surface area (Å²) in [6.45, 7) is 4.46. The van der Waals surface area contributed by atoms with Gasteiger partial charge in [0.2, 0.25) is 0 Å². The van der Waals surface area contributed by atoms with Gasteiger partial charge in [-0.2, -0.15) is 0 Å². The molecule has 0 aromatic rings. The second kappa shape index (κ2) is 17.5. The van der Waals surface area contributed by atoms with Crippen LogP contribution in [0.1, 0.15) is 39.5 Å². The van der Waals surface area contributed by atoms with Crippen LogP contribution in [0, 0.1) is 20.2 Å². The van der Waals surface area contributed by atoms with Gasteiger partial charge in [-0.05, 0) is 0 Å². The average Bonchev–Trinajstić information content (AvgIpc) is 1.98. The molecule has 0 fully saturated rings. The van der Waals surface area contributed by atoms with Crippen molar-refractivity contribution in [2.24, 2.45) is 0 Å². The molecule has 8 heteroatoms. The maximum absolute atomic E-state index is 8.36. The third-order valence-electron chi connectivity index (χ3n) is 0.957. The minimum atomic E-state index is -1.50. The molecule has 0 saturated heterocycles. The fourth-order valence-corrected chi connectivity index (χ4v) is 0.500. The Balaban J connectivity index is -0.000000135. The van der Waals surface area contributed by atoms with E-state index in [1.165, 1.54) is 25.7 Å². The largest absolute Gasteiger partial charge is 0.328 e. The highest BCUT2D eigenvalue weighted by Crippen LogP contribution is 1.95. The van der Waals surface area contributed by atoms with Gasteiger partial charge >= 0.3 is 0 Å². The Morgan fingerprint density at radius 1 is 0.929 bits per heavy atom. The van der Waals surface area contributed by atoms with Crippen LogP contribution < -0.4 is 0 Å². The molecule has 0 unspecified atom stereocenters. The number of hydrogen-bond donors (Lipinski definition) is 2. The van der Waals surface area contributed by atoms with E-state index >= 15 is 0 Å². The maximum atomic E-state index is 8.36. The van der Waals surface area contributed by atoms with Gasteiger partial charge in [0.1, 0.15) is 0 Å². The van der Waals surface area contributed by atoms with Gasteiger partial charge in [0, 0.05) is 0 Å². The molecule has 0 saturated carbocycles. The van der Waals surface area contributed by atoms with Gasteiger partial charge in [-0.3, -0.25) is 0 Å². The Bertz CT molecular complexity index is 116. The van der Waals surface area contributed by atoms with Crippen molar-refractivity contribution in [3.8, 4) is 0 Å². The van der Waals surface area contributed by atoms with E-state index in [4.69, 9.17) is 30.6 Å². The fraction of sp³-hybridized carbons (Fsp3) is 1.00. The van der Waals surface area contributed by atoms with Crippen LogP contribution >= 0.6 is 0 Å². The monoisotopic (exact) mass is 212 g/mol. The lowest BCUT2D eigenvalue weighted by atomic mass is 10.2. The summed E-state index contributed by atoms with van der Waals surface area (Å²) in [4.78, 5) is 16.7. The molecule has 0 bridgehead atoms. The SMILES string of the molecule is CCCCCC.O=[N+]([O-])O.O=[N+]([O-])O. The van der Waals surface area contributed by atoms with Crippen LogP contribution in [0.3, 0.4) is 0 Å². The molecule has 0 heterocycles. The van der Waals surface area contributed by atoms with E-state index in [-0.39, 0.29) is 0 Å². The summed E-state index contributed by atoms with van der Waals surface area (Å²) in [5, 5.41) is 27.3. The summed E-state index contributed by atoms with van der Waals surface area (Å²) in [6, 6.07) is 0. The van der Waals surface area contributed by atoms with E-state index in [1.54, 1.807) is 0 Å². The van der Waals surface area contributed by atoms with E-state index in [0.717, 1.165) is 0 Å². The molecule has 0 aromatic heterocycles. The molecule has 0 atom stereocenters. The lowest BCUT2D eigenvalue weighted by Gasteiger charge is -1.86. The number of nitrogens with zero attached hydrogens (tertiary/aromatic N) is 2. The second-order valence-corrected chi connectivity index (χ2v) is 2.18. The smallest absolute Gasteiger partial charge is 0.291 e. The molecule has 0 aliphatic heterocycles. The van der Waals surface area contributed by atoms with Gasteiger partial charge in [0.05, 0.1) is 0 Å². The number of rotatable bonds is 3. The topological polar surface area (TPSA) is 127 Å². The third kappa shape index (κ3) is 469. The van der Waals surface area contributed by atoms with Crippen molar-refractivity contribution in [1.82, 2.24) is 0 Å². The molecule has 0 aliphatic carbocycles. The molecule has 0 aromatic carbocycles. The second-order valence-electron chi connectivity index (χ2n) is 2.18. The van der Waals surface area contributed by atoms with Gasteiger partial charge in [-0.25, -0.2) is 0 Å². The number of hydrogen-bond acceptors (Lipinski definition) is 4. The quantitative estimate of drug-likeness (QED) is 0.417. The van der Waals surface area contributed by atoms with E-state index in [2.05, 4.69) is 13.8 Å². The molecule has 0 spiro atoms. The zero-order valence-electron chi connectivity index (χ0n) is 8.25. The van der Waals surface area contributed by atoms with Crippen molar-refractivity contribution in [2.75, 3.05) is 0 Å². The first kappa shape index (κ1) is 18.2. The van der Waals surface area contributed by atoms with Crippen LogP contribution in [-0.2, 0) is 0 Å². The van der Waals surface area contributed by atoms with Crippen molar-refractivity contribution in [2.45, 2.75) is 39.5 Å². The molecular formula is C6H16N2O6. The molecule has 86 valence electrons. The van der Waals surface area contributed by atoms with Gasteiger partial charge in [0.25, 0.3) is 10.2 Å². The van der Waals surface area contributed by atoms with Gasteiger partial charge < -0.3 is 10.4 Å². The van der Waals surface area contributed by atoms with Crippen molar-refractivity contribution in [1.29, 1.82) is 0 Å². The highest BCUT2D eigenvalue weighted by atomic mass is 16.9. The first-order valence-electron chi connectivity index (χ1n) is 4.04. The predicted octanol–water partition coefficient (Wildman–Crippen LogP) is 1.89. The zero-order valence-corrected chi connectivity index (χ0v) is 8.25. The lowest BCUT2D eigenvalue weighted by molar-refractivity contribution is -0.742. The van der Waals surface area contributed by atoms with Crippen LogP contribution in [0.15, 0.2) is 0 Å². The molecule has 0 rings (SSSR count). The summed E-state index contributed by atoms with van der Waals surface area (Å²) in [7, 11) is 0. The van der Waals surface area contributed by atoms with Crippen molar-refractivity contribution < 1.29 is 20.6 Å². The Hall–Kier alpha value is -1.60. The van der Waals surface area contributed by atoms with Crippen LogP contribution in [-0.4, -0.2) is 20.6 Å². The first-order chi connectivity index (χ1) is 6.38. The van der Waals surface area contributed by atoms with E-state index in [9.17, 15) is 0 Å². The van der Waals surface area contributed by atoms with Crippen LogP contribution in [0.5, 0.6) is 0 Å². The summed E-state index contributed by atoms with van der Waals surface area (Å²) >= 11 is 0. The van der Waals surface area contributed by atoms with Crippen molar-refractivity contribution >= 4 is 0 Å². The molecular weight excluding hydrogens is 196 g/mol. The number of unbranched alkanes of at least 4 members (excludes halogenated alkanes) is 3. The molecule has 0 radical (unpaired) electrons. The first-order valence-corrected chi connectivity index (χ1v) is 4.04. The van der Waals surface area contributed by atoms with Crippen LogP contribution in [0.25, 0.3) is 0 Å². The van der Waals surface area contributed by atoms with Gasteiger partial charge in [0.15, 0.2) is 0 Å². The Morgan fingerprint density at radius 3 is 1.14 bits per heavy atom. The van der Waals surface area contributed by atoms with Crippen molar-refractivity contribution in [3.63, 3.8) is 0 Å². The summed E-state index contributed by atoms with van der Waals surface area (Å²) in [5.74, 6) is 0. The van der Waals surface area contributed by atoms with E-state index < -0.39 is 10.2 Å². The molecule has 0 amide bonds. The summed E-state index contributed by atoms with van der Waals surface area (Å²) in [5.41, 5.74) is 0. The summed E-state index contributed by atoms with van der Waals surface area (Å²) in [6.07, 6.45) is 5.54. The van der Waals surface area contributed by atoms with Gasteiger partial charge in [-0.1, -0.05) is 39.5 Å². The molecule has 2 N–H and O–H groups in total. The van der Waals surface area contributed by atoms with E-state index in [0.29, 0.717) is 0 Å². The third-order valence-corrected chi connectivity index (χ3v) is 0.957. The Kier molecular flexibility index (Phi) is 22.8. The van der Waals surface area contributed by atoms with Crippen LogP contribution in [0.2, 0.25) is 0 Å². The van der Waals surface area contributed by atoms with Crippen LogP contribution in [0.4, 0.5) is 0 Å². The fourth-order valence-electron chi connectivity index (χ4n) is 0.500. The minimum absolute atomic E-state index is 1.36. The lowest BCUT2D eigenvalue weighted by Crippen LogP contribution is -1.81. The molecule has 0 aliphatic rings. The Labute approximate surface area is 81.4 Å². The maximum Gasteiger partial charge on any atom is 0.291 e. The minimum Gasteiger partial charge on any atom is -0.328 e. The van der Waals surface area contributed by atoms with E-state index in [1.807, 2.05) is 0 Å². The highest BCUT2D eigenvalue weighted by Gasteiger charge is 1.75. The normalized spacial score (nSPS) is 7.29. The standard InChI is InChI=1S/C6H14.2HNO3/c1-3-5-6-4-2;2*2-1(3)4/h3-6H2,1-2H3;2*(H,2,3,4). The Morgan fingerprint density at radius 2 is 1.07 bits per heavy atom. The van der Waals surface area contributed by atoms with Gasteiger partial charge in [-0.15, -0.1) is 20.2 Å². The van der Waals surface area contributed by atoms with Crippen molar-refractivity contribution in [3.05, 3.63) is 20.2 Å². The molecule has 8 nitrogen and oxygen atoms in total. The predicted molar refractivity (Wildman–Crippen MR) is 47.4 cm³/mol. The highest BCUT2D eigenvalue weighted by molar-refractivity contribution is 4.31. The molecule has 14 heavy (non-hydrogen) atoms.